The minimum Gasteiger partial charge on any atom is -0.477 e. The number of hydrogen-bond donors (Lipinski definition) is 1. The molecule has 0 fully saturated rings. The SMILES string of the molecule is CC/C=C/C/C=C/C/C=C/CCCC(=O)OC(COCCC(C(=O)O)[N+](C)(C)C)COC(=O)CCCCCCCCC/C=C/CCCCCCCCCCCCC. The van der Waals surface area contributed by atoms with Gasteiger partial charge in [0.1, 0.15) is 6.61 Å². The maximum Gasteiger partial charge on any atom is 0.362 e. The summed E-state index contributed by atoms with van der Waals surface area (Å²) >= 11 is 0. The van der Waals surface area contributed by atoms with Crippen LogP contribution in [-0.2, 0) is 28.6 Å². The van der Waals surface area contributed by atoms with Crippen LogP contribution in [0.3, 0.4) is 0 Å². The summed E-state index contributed by atoms with van der Waals surface area (Å²) in [7, 11) is 5.50. The Hall–Kier alpha value is -2.71. The van der Waals surface area contributed by atoms with Gasteiger partial charge in [-0.15, -0.1) is 0 Å². The second-order valence-corrected chi connectivity index (χ2v) is 16.6. The third-order valence-electron chi connectivity index (χ3n) is 10.2. The summed E-state index contributed by atoms with van der Waals surface area (Å²) in [4.78, 5) is 36.9. The monoisotopic (exact) mass is 803 g/mol. The van der Waals surface area contributed by atoms with Gasteiger partial charge in [-0.1, -0.05) is 159 Å². The molecular weight excluding hydrogens is 715 g/mol. The molecule has 0 rings (SSSR count). The summed E-state index contributed by atoms with van der Waals surface area (Å²) < 4.78 is 17.2. The zero-order chi connectivity index (χ0) is 42.1. The van der Waals surface area contributed by atoms with E-state index >= 15 is 0 Å². The average molecular weight is 803 g/mol. The first-order chi connectivity index (χ1) is 27.6. The van der Waals surface area contributed by atoms with Crippen LogP contribution in [0.25, 0.3) is 0 Å². The van der Waals surface area contributed by atoms with Gasteiger partial charge in [0.15, 0.2) is 12.1 Å². The van der Waals surface area contributed by atoms with Gasteiger partial charge < -0.3 is 23.8 Å². The smallest absolute Gasteiger partial charge is 0.362 e. The number of esters is 2. The van der Waals surface area contributed by atoms with E-state index < -0.39 is 18.1 Å². The molecule has 0 saturated heterocycles. The first-order valence-electron chi connectivity index (χ1n) is 23.2. The largest absolute Gasteiger partial charge is 0.477 e. The maximum absolute atomic E-state index is 12.7. The van der Waals surface area contributed by atoms with E-state index in [1.165, 1.54) is 109 Å². The minimum absolute atomic E-state index is 0.0391. The quantitative estimate of drug-likeness (QED) is 0.0284. The Morgan fingerprint density at radius 1 is 0.544 bits per heavy atom. The van der Waals surface area contributed by atoms with Crippen molar-refractivity contribution in [3.63, 3.8) is 0 Å². The summed E-state index contributed by atoms with van der Waals surface area (Å²) in [5, 5.41) is 9.61. The summed E-state index contributed by atoms with van der Waals surface area (Å²) in [5.41, 5.74) is 0. The van der Waals surface area contributed by atoms with Crippen LogP contribution in [0.1, 0.15) is 194 Å². The molecular formula is C49H88NO7+. The van der Waals surface area contributed by atoms with Crippen molar-refractivity contribution < 1.29 is 38.2 Å². The number of carboxylic acid groups (broad SMARTS) is 1. The maximum atomic E-state index is 12.7. The Balaban J connectivity index is 4.24. The van der Waals surface area contributed by atoms with Crippen molar-refractivity contribution in [2.24, 2.45) is 0 Å². The molecule has 0 saturated carbocycles. The number of allylic oxidation sites excluding steroid dienone is 8. The third-order valence-corrected chi connectivity index (χ3v) is 10.2. The molecule has 1 N–H and O–H groups in total. The second kappa shape index (κ2) is 40.1. The molecule has 0 aromatic heterocycles. The highest BCUT2D eigenvalue weighted by Crippen LogP contribution is 2.14. The zero-order valence-corrected chi connectivity index (χ0v) is 37.5. The molecule has 2 atom stereocenters. The van der Waals surface area contributed by atoms with Gasteiger partial charge in [0.05, 0.1) is 34.4 Å². The molecule has 0 radical (unpaired) electrons. The Labute approximate surface area is 350 Å². The lowest BCUT2D eigenvalue weighted by Gasteiger charge is -2.31. The van der Waals surface area contributed by atoms with Crippen molar-refractivity contribution in [2.75, 3.05) is 41.0 Å². The summed E-state index contributed by atoms with van der Waals surface area (Å²) in [5.74, 6) is -1.54. The molecule has 0 spiro atoms. The molecule has 0 aliphatic rings. The van der Waals surface area contributed by atoms with Crippen LogP contribution in [-0.4, -0.2) is 80.6 Å². The van der Waals surface area contributed by atoms with Gasteiger partial charge in [0.25, 0.3) is 0 Å². The van der Waals surface area contributed by atoms with E-state index in [4.69, 9.17) is 14.2 Å². The Morgan fingerprint density at radius 3 is 1.53 bits per heavy atom. The highest BCUT2D eigenvalue weighted by molar-refractivity contribution is 5.72. The molecule has 2 unspecified atom stereocenters. The molecule has 8 heteroatoms. The summed E-state index contributed by atoms with van der Waals surface area (Å²) in [6.07, 6.45) is 47.5. The molecule has 0 aromatic carbocycles. The van der Waals surface area contributed by atoms with Crippen LogP contribution in [0.5, 0.6) is 0 Å². The van der Waals surface area contributed by atoms with Crippen LogP contribution in [0.15, 0.2) is 48.6 Å². The Bertz CT molecular complexity index is 1070. The molecule has 0 aliphatic carbocycles. The predicted octanol–water partition coefficient (Wildman–Crippen LogP) is 12.8. The topological polar surface area (TPSA) is 99.1 Å². The average Bonchev–Trinajstić information content (AvgIpc) is 3.17. The molecule has 0 amide bonds. The first kappa shape index (κ1) is 54.3. The van der Waals surface area contributed by atoms with Gasteiger partial charge in [-0.05, 0) is 64.2 Å². The number of hydrogen-bond acceptors (Lipinski definition) is 6. The van der Waals surface area contributed by atoms with Crippen molar-refractivity contribution >= 4 is 17.9 Å². The van der Waals surface area contributed by atoms with Gasteiger partial charge in [0.2, 0.25) is 0 Å². The third kappa shape index (κ3) is 38.6. The normalized spacial score (nSPS) is 13.4. The molecule has 0 heterocycles. The number of likely N-dealkylation sites (N-methyl/N-ethyl adjacent to an activating group) is 1. The number of rotatable bonds is 41. The van der Waals surface area contributed by atoms with E-state index in [1.54, 1.807) is 0 Å². The second-order valence-electron chi connectivity index (χ2n) is 16.6. The minimum atomic E-state index is -0.884. The van der Waals surface area contributed by atoms with Crippen molar-refractivity contribution in [3.05, 3.63) is 48.6 Å². The number of carbonyl (C=O) groups excluding carboxylic acids is 2. The Kier molecular flexibility index (Phi) is 38.2. The zero-order valence-electron chi connectivity index (χ0n) is 37.5. The van der Waals surface area contributed by atoms with E-state index in [9.17, 15) is 19.5 Å². The number of nitrogens with zero attached hydrogens (tertiary/aromatic N) is 1. The number of carboxylic acids is 1. The lowest BCUT2D eigenvalue weighted by Crippen LogP contribution is -2.50. The van der Waals surface area contributed by atoms with Gasteiger partial charge in [-0.3, -0.25) is 9.59 Å². The van der Waals surface area contributed by atoms with Crippen LogP contribution >= 0.6 is 0 Å². The van der Waals surface area contributed by atoms with Gasteiger partial charge in [-0.2, -0.15) is 0 Å². The van der Waals surface area contributed by atoms with E-state index in [2.05, 4.69) is 62.5 Å². The molecule has 0 aliphatic heterocycles. The molecule has 330 valence electrons. The van der Waals surface area contributed by atoms with Crippen LogP contribution in [0.4, 0.5) is 0 Å². The van der Waals surface area contributed by atoms with E-state index in [-0.39, 0.29) is 42.7 Å². The number of quaternary nitrogens is 1. The number of carbonyl (C=O) groups is 3. The number of unbranched alkanes of at least 4 members (excludes halogenated alkanes) is 19. The predicted molar refractivity (Wildman–Crippen MR) is 238 cm³/mol. The van der Waals surface area contributed by atoms with Crippen molar-refractivity contribution in [3.8, 4) is 0 Å². The molecule has 0 aromatic rings. The Morgan fingerprint density at radius 2 is 1.00 bits per heavy atom. The fraction of sp³-hybridized carbons (Fsp3) is 0.776. The summed E-state index contributed by atoms with van der Waals surface area (Å²) in [6, 6.07) is -0.624. The van der Waals surface area contributed by atoms with Crippen molar-refractivity contribution in [1.29, 1.82) is 0 Å². The standard InChI is InChI=1S/C49H87NO7/c1-6-8-10-12-14-16-18-19-20-21-22-23-24-25-26-27-28-30-31-33-35-37-39-47(51)56-44-45(43-55-42-41-46(49(53)54)50(3,4)5)57-48(52)40-38-36-34-32-29-17-15-13-11-9-7-2/h9,11,15,17,24-25,32,34,45-46H,6-8,10,12-14,16,18-23,26-31,33,35-44H2,1-5H3/p+1/b11-9+,17-15+,25-24+,34-32+. The van der Waals surface area contributed by atoms with E-state index in [1.807, 2.05) is 21.1 Å². The number of aliphatic carboxylic acids is 1. The van der Waals surface area contributed by atoms with Crippen LogP contribution in [0, 0.1) is 0 Å². The molecule has 0 bridgehead atoms. The van der Waals surface area contributed by atoms with E-state index in [0.717, 1.165) is 44.9 Å². The van der Waals surface area contributed by atoms with Gasteiger partial charge >= 0.3 is 17.9 Å². The number of ether oxygens (including phenoxy) is 3. The van der Waals surface area contributed by atoms with E-state index in [0.29, 0.717) is 19.3 Å². The summed E-state index contributed by atoms with van der Waals surface area (Å²) in [6.45, 7) is 4.56. The first-order valence-corrected chi connectivity index (χ1v) is 23.2. The molecule has 8 nitrogen and oxygen atoms in total. The van der Waals surface area contributed by atoms with Crippen LogP contribution < -0.4 is 0 Å². The lowest BCUT2D eigenvalue weighted by molar-refractivity contribution is -0.887. The molecule has 57 heavy (non-hydrogen) atoms. The highest BCUT2D eigenvalue weighted by Gasteiger charge is 2.31. The van der Waals surface area contributed by atoms with Gasteiger partial charge in [0, 0.05) is 19.3 Å². The van der Waals surface area contributed by atoms with Gasteiger partial charge in [-0.25, -0.2) is 4.79 Å². The van der Waals surface area contributed by atoms with Crippen molar-refractivity contribution in [2.45, 2.75) is 206 Å². The lowest BCUT2D eigenvalue weighted by atomic mass is 10.0. The fourth-order valence-electron chi connectivity index (χ4n) is 6.64. The van der Waals surface area contributed by atoms with Crippen LogP contribution in [0.2, 0.25) is 0 Å². The van der Waals surface area contributed by atoms with Crippen molar-refractivity contribution in [1.82, 2.24) is 0 Å². The highest BCUT2D eigenvalue weighted by atomic mass is 16.6. The fourth-order valence-corrected chi connectivity index (χ4v) is 6.64.